The second kappa shape index (κ2) is 10.1. The van der Waals surface area contributed by atoms with Crippen molar-refractivity contribution < 1.29 is 27.5 Å². The molecule has 0 saturated carbocycles. The number of nitrogens with one attached hydrogen (secondary N) is 1. The first kappa shape index (κ1) is 23.7. The van der Waals surface area contributed by atoms with Gasteiger partial charge in [0.1, 0.15) is 0 Å². The Bertz CT molecular complexity index is 1070. The topological polar surface area (TPSA) is 102 Å². The third kappa shape index (κ3) is 5.11. The molecule has 0 unspecified atom stereocenters. The molecule has 1 heterocycles. The van der Waals surface area contributed by atoms with Crippen LogP contribution in [0.3, 0.4) is 0 Å². The van der Waals surface area contributed by atoms with E-state index in [1.807, 2.05) is 12.1 Å². The van der Waals surface area contributed by atoms with Gasteiger partial charge in [-0.05, 0) is 38.0 Å². The molecule has 0 aromatic heterocycles. The highest BCUT2D eigenvalue weighted by Gasteiger charge is 2.32. The third-order valence-corrected chi connectivity index (χ3v) is 7.57. The lowest BCUT2D eigenvalue weighted by molar-refractivity contribution is -0.126. The molecule has 1 N–H and O–H groups in total. The number of hydrogen-bond donors (Lipinski definition) is 1. The molecule has 172 valence electrons. The summed E-state index contributed by atoms with van der Waals surface area (Å²) in [6, 6.07) is 11.4. The molecule has 3 rings (SSSR count). The number of Topliss-reactive ketones (excluding diaryl/α,β-unsaturated/α-hetero) is 1. The normalized spacial score (nSPS) is 15.2. The van der Waals surface area contributed by atoms with E-state index in [1.54, 1.807) is 20.3 Å². The van der Waals surface area contributed by atoms with E-state index in [0.717, 1.165) is 5.56 Å². The second-order valence-corrected chi connectivity index (χ2v) is 9.57. The van der Waals surface area contributed by atoms with Gasteiger partial charge in [0.15, 0.2) is 17.3 Å². The summed E-state index contributed by atoms with van der Waals surface area (Å²) < 4.78 is 37.9. The molecule has 2 aromatic rings. The van der Waals surface area contributed by atoms with Gasteiger partial charge in [-0.3, -0.25) is 9.59 Å². The molecule has 0 aliphatic carbocycles. The molecule has 0 spiro atoms. The van der Waals surface area contributed by atoms with Crippen LogP contribution in [0.4, 0.5) is 0 Å². The molecule has 1 saturated heterocycles. The van der Waals surface area contributed by atoms with Gasteiger partial charge in [-0.1, -0.05) is 24.3 Å². The number of piperidine rings is 1. The first-order valence-electron chi connectivity index (χ1n) is 10.4. The van der Waals surface area contributed by atoms with Gasteiger partial charge in [0.25, 0.3) is 0 Å². The zero-order valence-electron chi connectivity index (χ0n) is 18.5. The average Bonchev–Trinajstić information content (AvgIpc) is 2.82. The van der Waals surface area contributed by atoms with Crippen LogP contribution in [-0.4, -0.2) is 51.7 Å². The van der Waals surface area contributed by atoms with E-state index < -0.39 is 10.0 Å². The number of amides is 1. The number of hydrogen-bond acceptors (Lipinski definition) is 6. The molecule has 9 heteroatoms. The molecular weight excluding hydrogens is 432 g/mol. The van der Waals surface area contributed by atoms with Gasteiger partial charge in [-0.2, -0.15) is 4.31 Å². The molecule has 32 heavy (non-hydrogen) atoms. The van der Waals surface area contributed by atoms with Gasteiger partial charge in [0.2, 0.25) is 15.9 Å². The Labute approximate surface area is 188 Å². The van der Waals surface area contributed by atoms with E-state index in [9.17, 15) is 18.0 Å². The predicted molar refractivity (Wildman–Crippen MR) is 119 cm³/mol. The Morgan fingerprint density at radius 3 is 2.25 bits per heavy atom. The highest BCUT2D eigenvalue weighted by molar-refractivity contribution is 7.89. The Kier molecular flexibility index (Phi) is 7.52. The van der Waals surface area contributed by atoms with Crippen molar-refractivity contribution in [2.45, 2.75) is 31.2 Å². The smallest absolute Gasteiger partial charge is 0.243 e. The number of ether oxygens (including phenoxy) is 2. The number of nitrogens with zero attached hydrogens (tertiary/aromatic N) is 1. The zero-order chi connectivity index (χ0) is 23.3. The van der Waals surface area contributed by atoms with Gasteiger partial charge >= 0.3 is 0 Å². The highest BCUT2D eigenvalue weighted by atomic mass is 32.2. The van der Waals surface area contributed by atoms with Gasteiger partial charge < -0.3 is 14.8 Å². The number of benzene rings is 2. The Morgan fingerprint density at radius 2 is 1.69 bits per heavy atom. The van der Waals surface area contributed by atoms with Gasteiger partial charge in [-0.25, -0.2) is 8.42 Å². The van der Waals surface area contributed by atoms with Crippen LogP contribution in [-0.2, 0) is 21.4 Å². The van der Waals surface area contributed by atoms with E-state index in [2.05, 4.69) is 5.32 Å². The van der Waals surface area contributed by atoms with Gasteiger partial charge in [0.05, 0.1) is 19.1 Å². The quantitative estimate of drug-likeness (QED) is 0.608. The minimum atomic E-state index is -3.67. The molecule has 1 fully saturated rings. The van der Waals surface area contributed by atoms with Crippen molar-refractivity contribution in [3.63, 3.8) is 0 Å². The molecule has 1 aliphatic heterocycles. The maximum Gasteiger partial charge on any atom is 0.243 e. The lowest BCUT2D eigenvalue weighted by Crippen LogP contribution is -2.42. The van der Waals surface area contributed by atoms with Crippen LogP contribution in [0.25, 0.3) is 0 Å². The van der Waals surface area contributed by atoms with Crippen LogP contribution in [0, 0.1) is 5.92 Å². The Hall–Kier alpha value is -2.91. The molecule has 1 aliphatic rings. The molecular formula is C23H28N2O6S. The number of carbonyl (C=O) groups is 2. The first-order chi connectivity index (χ1) is 15.3. The summed E-state index contributed by atoms with van der Waals surface area (Å²) in [4.78, 5) is 24.2. The van der Waals surface area contributed by atoms with Crippen molar-refractivity contribution in [2.75, 3.05) is 27.3 Å². The fourth-order valence-electron chi connectivity index (χ4n) is 3.79. The average molecular weight is 461 g/mol. The van der Waals surface area contributed by atoms with E-state index in [-0.39, 0.29) is 35.6 Å². The van der Waals surface area contributed by atoms with Gasteiger partial charge in [-0.15, -0.1) is 0 Å². The molecule has 0 radical (unpaired) electrons. The van der Waals surface area contributed by atoms with Crippen molar-refractivity contribution >= 4 is 21.7 Å². The zero-order valence-corrected chi connectivity index (χ0v) is 19.3. The summed E-state index contributed by atoms with van der Waals surface area (Å²) >= 11 is 0. The van der Waals surface area contributed by atoms with Gasteiger partial charge in [0, 0.05) is 36.7 Å². The number of ketones is 1. The van der Waals surface area contributed by atoms with Crippen LogP contribution in [0.1, 0.15) is 35.7 Å². The van der Waals surface area contributed by atoms with Crippen molar-refractivity contribution in [2.24, 2.45) is 5.92 Å². The largest absolute Gasteiger partial charge is 0.493 e. The third-order valence-electron chi connectivity index (χ3n) is 5.66. The molecule has 1 amide bonds. The summed E-state index contributed by atoms with van der Waals surface area (Å²) in [7, 11) is -0.562. The fourth-order valence-corrected chi connectivity index (χ4v) is 5.26. The molecule has 0 bridgehead atoms. The minimum Gasteiger partial charge on any atom is -0.493 e. The monoisotopic (exact) mass is 460 g/mol. The standard InChI is InChI=1S/C23H28N2O6S/c1-16(26)17-7-9-20(10-8-17)32(28,29)25-13-11-18(12-14-25)23(27)24-15-19-5-4-6-21(30-2)22(19)31-3/h4-10,18H,11-15H2,1-3H3,(H,24,27). The maximum absolute atomic E-state index is 12.9. The van der Waals surface area contributed by atoms with Crippen LogP contribution >= 0.6 is 0 Å². The fraction of sp³-hybridized carbons (Fsp3) is 0.391. The number of rotatable bonds is 8. The molecule has 8 nitrogen and oxygen atoms in total. The summed E-state index contributed by atoms with van der Waals surface area (Å²) in [5.41, 5.74) is 1.27. The number of carbonyl (C=O) groups excluding carboxylic acids is 2. The number of para-hydroxylation sites is 1. The first-order valence-corrected chi connectivity index (χ1v) is 11.8. The minimum absolute atomic E-state index is 0.113. The Balaban J connectivity index is 1.58. The second-order valence-electron chi connectivity index (χ2n) is 7.63. The highest BCUT2D eigenvalue weighted by Crippen LogP contribution is 2.31. The van der Waals surface area contributed by atoms with Crippen LogP contribution in [0.5, 0.6) is 11.5 Å². The van der Waals surface area contributed by atoms with Crippen LogP contribution < -0.4 is 14.8 Å². The van der Waals surface area contributed by atoms with E-state index in [4.69, 9.17) is 9.47 Å². The van der Waals surface area contributed by atoms with Crippen molar-refractivity contribution in [3.8, 4) is 11.5 Å². The lowest BCUT2D eigenvalue weighted by atomic mass is 9.97. The van der Waals surface area contributed by atoms with Crippen molar-refractivity contribution in [1.29, 1.82) is 0 Å². The van der Waals surface area contributed by atoms with Crippen LogP contribution in [0.2, 0.25) is 0 Å². The van der Waals surface area contributed by atoms with E-state index in [0.29, 0.717) is 36.4 Å². The SMILES string of the molecule is COc1cccc(CNC(=O)C2CCN(S(=O)(=O)c3ccc(C(C)=O)cc3)CC2)c1OC. The van der Waals surface area contributed by atoms with E-state index >= 15 is 0 Å². The summed E-state index contributed by atoms with van der Waals surface area (Å²) in [6.07, 6.45) is 0.873. The number of sulfonamides is 1. The lowest BCUT2D eigenvalue weighted by Gasteiger charge is -2.30. The maximum atomic E-state index is 12.9. The summed E-state index contributed by atoms with van der Waals surface area (Å²) in [5, 5.41) is 2.92. The van der Waals surface area contributed by atoms with Crippen molar-refractivity contribution in [3.05, 3.63) is 53.6 Å². The predicted octanol–water partition coefficient (Wildman–Crippen LogP) is 2.62. The number of methoxy groups -OCH3 is 2. The summed E-state index contributed by atoms with van der Waals surface area (Å²) in [5.74, 6) is 0.671. The molecule has 0 atom stereocenters. The Morgan fingerprint density at radius 1 is 1.03 bits per heavy atom. The van der Waals surface area contributed by atoms with E-state index in [1.165, 1.54) is 35.5 Å². The van der Waals surface area contributed by atoms with Crippen LogP contribution in [0.15, 0.2) is 47.4 Å². The summed E-state index contributed by atoms with van der Waals surface area (Å²) in [6.45, 7) is 2.25. The van der Waals surface area contributed by atoms with Crippen molar-refractivity contribution in [1.82, 2.24) is 9.62 Å². The molecule has 2 aromatic carbocycles.